The standard InChI is InChI=1S/C16H21N3OS/c1-12(2)9-13(3)17-18-16-19(15(20)11-21-16)10-14-7-5-4-6-8-14/h4-8,12H,9-11H2,1-3H3/b17-13+,18-16+. The zero-order valence-corrected chi connectivity index (χ0v) is 13.6. The Morgan fingerprint density at radius 3 is 2.71 bits per heavy atom. The largest absolute Gasteiger partial charge is 0.285 e. The number of amidine groups is 1. The molecule has 1 aliphatic heterocycles. The van der Waals surface area contributed by atoms with E-state index in [1.54, 1.807) is 4.90 Å². The number of carbonyl (C=O) groups is 1. The number of benzene rings is 1. The summed E-state index contributed by atoms with van der Waals surface area (Å²) in [5.74, 6) is 1.11. The summed E-state index contributed by atoms with van der Waals surface area (Å²) < 4.78 is 0. The molecule has 0 N–H and O–H groups in total. The fraction of sp³-hybridized carbons (Fsp3) is 0.438. The van der Waals surface area contributed by atoms with Crippen molar-refractivity contribution in [3.63, 3.8) is 0 Å². The molecular weight excluding hydrogens is 282 g/mol. The van der Waals surface area contributed by atoms with Crippen LogP contribution in [0.3, 0.4) is 0 Å². The van der Waals surface area contributed by atoms with Crippen molar-refractivity contribution < 1.29 is 4.79 Å². The first-order chi connectivity index (χ1) is 10.1. The Hall–Kier alpha value is -1.62. The van der Waals surface area contributed by atoms with Crippen molar-refractivity contribution in [1.29, 1.82) is 0 Å². The Morgan fingerprint density at radius 1 is 1.33 bits per heavy atom. The Bertz CT molecular complexity index is 552. The summed E-state index contributed by atoms with van der Waals surface area (Å²) in [7, 11) is 0. The van der Waals surface area contributed by atoms with Gasteiger partial charge >= 0.3 is 0 Å². The van der Waals surface area contributed by atoms with Crippen LogP contribution < -0.4 is 0 Å². The summed E-state index contributed by atoms with van der Waals surface area (Å²) in [5.41, 5.74) is 2.10. The lowest BCUT2D eigenvalue weighted by molar-refractivity contribution is -0.124. The molecule has 0 radical (unpaired) electrons. The van der Waals surface area contributed by atoms with Gasteiger partial charge in [0.15, 0.2) is 5.17 Å². The van der Waals surface area contributed by atoms with E-state index in [2.05, 4.69) is 24.1 Å². The van der Waals surface area contributed by atoms with Crippen molar-refractivity contribution in [2.24, 2.45) is 16.1 Å². The molecule has 1 aromatic carbocycles. The SMILES string of the molecule is C/C(CC(C)C)=N\N=C1\SCC(=O)N1Cc1ccccc1. The fourth-order valence-corrected chi connectivity index (χ4v) is 2.98. The van der Waals surface area contributed by atoms with Gasteiger partial charge in [-0.1, -0.05) is 55.9 Å². The summed E-state index contributed by atoms with van der Waals surface area (Å²) in [4.78, 5) is 13.7. The molecule has 5 heteroatoms. The monoisotopic (exact) mass is 303 g/mol. The van der Waals surface area contributed by atoms with E-state index in [-0.39, 0.29) is 5.91 Å². The lowest BCUT2D eigenvalue weighted by Crippen LogP contribution is -2.28. The van der Waals surface area contributed by atoms with Crippen LogP contribution in [0.5, 0.6) is 0 Å². The van der Waals surface area contributed by atoms with E-state index < -0.39 is 0 Å². The third-order valence-corrected chi connectivity index (χ3v) is 4.00. The molecule has 0 spiro atoms. The number of thioether (sulfide) groups is 1. The molecule has 1 amide bonds. The summed E-state index contributed by atoms with van der Waals surface area (Å²) in [6.45, 7) is 6.85. The summed E-state index contributed by atoms with van der Waals surface area (Å²) in [5, 5.41) is 9.24. The van der Waals surface area contributed by atoms with Gasteiger partial charge in [-0.25, -0.2) is 0 Å². The zero-order valence-electron chi connectivity index (χ0n) is 12.7. The highest BCUT2D eigenvalue weighted by Crippen LogP contribution is 2.22. The molecule has 0 aliphatic carbocycles. The van der Waals surface area contributed by atoms with Gasteiger partial charge in [-0.05, 0) is 24.8 Å². The molecule has 21 heavy (non-hydrogen) atoms. The Kier molecular flexibility index (Phi) is 5.56. The highest BCUT2D eigenvalue weighted by molar-refractivity contribution is 8.15. The number of carbonyl (C=O) groups excluding carboxylic acids is 1. The average Bonchev–Trinajstić information content (AvgIpc) is 2.78. The topological polar surface area (TPSA) is 45.0 Å². The number of nitrogens with zero attached hydrogens (tertiary/aromatic N) is 3. The van der Waals surface area contributed by atoms with Crippen molar-refractivity contribution in [2.75, 3.05) is 5.75 Å². The lowest BCUT2D eigenvalue weighted by atomic mass is 10.1. The van der Waals surface area contributed by atoms with Crippen LogP contribution in [0.25, 0.3) is 0 Å². The predicted octanol–water partition coefficient (Wildman–Crippen LogP) is 3.54. The van der Waals surface area contributed by atoms with Crippen molar-refractivity contribution in [2.45, 2.75) is 33.7 Å². The van der Waals surface area contributed by atoms with Crippen LogP contribution in [0.15, 0.2) is 40.5 Å². The first kappa shape index (κ1) is 15.8. The van der Waals surface area contributed by atoms with Crippen LogP contribution >= 0.6 is 11.8 Å². The second-order valence-electron chi connectivity index (χ2n) is 5.57. The first-order valence-corrected chi connectivity index (χ1v) is 8.13. The van der Waals surface area contributed by atoms with Crippen molar-refractivity contribution >= 4 is 28.5 Å². The summed E-state index contributed by atoms with van der Waals surface area (Å²) in [6.07, 6.45) is 0.925. The van der Waals surface area contributed by atoms with E-state index in [9.17, 15) is 4.79 Å². The molecule has 1 saturated heterocycles. The molecule has 4 nitrogen and oxygen atoms in total. The second-order valence-corrected chi connectivity index (χ2v) is 6.51. The normalized spacial score (nSPS) is 18.1. The molecule has 1 aromatic rings. The van der Waals surface area contributed by atoms with Crippen LogP contribution in [0.1, 0.15) is 32.8 Å². The van der Waals surface area contributed by atoms with E-state index in [4.69, 9.17) is 0 Å². The van der Waals surface area contributed by atoms with Crippen LogP contribution in [0, 0.1) is 5.92 Å². The second kappa shape index (κ2) is 7.41. The molecule has 1 aliphatic rings. The Balaban J connectivity index is 2.09. The minimum atomic E-state index is 0.0966. The first-order valence-electron chi connectivity index (χ1n) is 7.14. The maximum atomic E-state index is 12.0. The van der Waals surface area contributed by atoms with E-state index in [0.717, 1.165) is 17.7 Å². The molecule has 0 unspecified atom stereocenters. The molecule has 1 fully saturated rings. The predicted molar refractivity (Wildman–Crippen MR) is 89.4 cm³/mol. The Morgan fingerprint density at radius 2 is 2.05 bits per heavy atom. The lowest BCUT2D eigenvalue weighted by Gasteiger charge is -2.15. The molecule has 0 atom stereocenters. The van der Waals surface area contributed by atoms with Gasteiger partial charge in [0.05, 0.1) is 12.3 Å². The van der Waals surface area contributed by atoms with Gasteiger partial charge in [0.1, 0.15) is 0 Å². The van der Waals surface area contributed by atoms with E-state index in [0.29, 0.717) is 23.4 Å². The molecule has 0 bridgehead atoms. The molecule has 2 rings (SSSR count). The maximum Gasteiger partial charge on any atom is 0.239 e. The molecule has 1 heterocycles. The highest BCUT2D eigenvalue weighted by Gasteiger charge is 2.28. The number of hydrogen-bond acceptors (Lipinski definition) is 4. The number of amides is 1. The van der Waals surface area contributed by atoms with Gasteiger partial charge in [-0.2, -0.15) is 5.10 Å². The van der Waals surface area contributed by atoms with E-state index >= 15 is 0 Å². The van der Waals surface area contributed by atoms with E-state index in [1.165, 1.54) is 11.8 Å². The third-order valence-electron chi connectivity index (χ3n) is 3.05. The zero-order chi connectivity index (χ0) is 15.2. The summed E-state index contributed by atoms with van der Waals surface area (Å²) in [6, 6.07) is 9.95. The Labute approximate surface area is 130 Å². The van der Waals surface area contributed by atoms with E-state index in [1.807, 2.05) is 37.3 Å². The highest BCUT2D eigenvalue weighted by atomic mass is 32.2. The quantitative estimate of drug-likeness (QED) is 0.617. The van der Waals surface area contributed by atoms with Gasteiger partial charge in [0.2, 0.25) is 5.91 Å². The van der Waals surface area contributed by atoms with Gasteiger partial charge in [0.25, 0.3) is 0 Å². The van der Waals surface area contributed by atoms with Gasteiger partial charge < -0.3 is 0 Å². The maximum absolute atomic E-state index is 12.0. The van der Waals surface area contributed by atoms with Crippen LogP contribution in [-0.2, 0) is 11.3 Å². The van der Waals surface area contributed by atoms with Crippen LogP contribution in [-0.4, -0.2) is 27.4 Å². The number of rotatable bonds is 5. The fourth-order valence-electron chi connectivity index (χ4n) is 2.15. The minimum Gasteiger partial charge on any atom is -0.285 e. The molecule has 0 aromatic heterocycles. The average molecular weight is 303 g/mol. The van der Waals surface area contributed by atoms with Crippen LogP contribution in [0.2, 0.25) is 0 Å². The molecule has 112 valence electrons. The number of hydrogen-bond donors (Lipinski definition) is 0. The van der Waals surface area contributed by atoms with Gasteiger partial charge in [-0.15, -0.1) is 5.10 Å². The summed E-state index contributed by atoms with van der Waals surface area (Å²) >= 11 is 1.46. The molecular formula is C16H21N3OS. The molecule has 0 saturated carbocycles. The van der Waals surface area contributed by atoms with Crippen molar-refractivity contribution in [3.05, 3.63) is 35.9 Å². The van der Waals surface area contributed by atoms with Gasteiger partial charge in [-0.3, -0.25) is 9.69 Å². The van der Waals surface area contributed by atoms with Crippen molar-refractivity contribution in [3.8, 4) is 0 Å². The van der Waals surface area contributed by atoms with Crippen molar-refractivity contribution in [1.82, 2.24) is 4.90 Å². The van der Waals surface area contributed by atoms with Crippen LogP contribution in [0.4, 0.5) is 0 Å². The minimum absolute atomic E-state index is 0.0966. The smallest absolute Gasteiger partial charge is 0.239 e. The van der Waals surface area contributed by atoms with Gasteiger partial charge in [0, 0.05) is 5.71 Å². The third kappa shape index (κ3) is 4.70.